The minimum atomic E-state index is -0.200. The van der Waals surface area contributed by atoms with Crippen molar-refractivity contribution in [2.24, 2.45) is 10.7 Å². The molecule has 3 aromatic carbocycles. The zero-order chi connectivity index (χ0) is 23.4. The molecule has 1 fully saturated rings. The topological polar surface area (TPSA) is 97.4 Å². The monoisotopic (exact) mass is 461 g/mol. The summed E-state index contributed by atoms with van der Waals surface area (Å²) in [4.78, 5) is 20.2. The van der Waals surface area contributed by atoms with Crippen LogP contribution >= 0.6 is 11.8 Å². The maximum Gasteiger partial charge on any atom is 0.271 e. The lowest BCUT2D eigenvalue weighted by Gasteiger charge is -2.15. The second-order valence-electron chi connectivity index (χ2n) is 7.13. The minimum absolute atomic E-state index is 0.0957. The first-order chi connectivity index (χ1) is 16.0. The number of thioether (sulfide) groups is 1. The molecule has 0 bridgehead atoms. The van der Waals surface area contributed by atoms with Crippen LogP contribution < -0.4 is 20.1 Å². The van der Waals surface area contributed by atoms with Crippen molar-refractivity contribution >= 4 is 40.3 Å². The first-order valence-corrected chi connectivity index (χ1v) is 11.0. The number of anilines is 1. The number of carbonyl (C=O) groups excluding carboxylic acids is 1. The molecule has 1 amide bonds. The Labute approximate surface area is 196 Å². The highest BCUT2D eigenvalue weighted by Gasteiger charge is 2.34. The van der Waals surface area contributed by atoms with Gasteiger partial charge in [-0.25, -0.2) is 4.99 Å². The van der Waals surface area contributed by atoms with E-state index in [1.807, 2.05) is 54.6 Å². The number of hydrogen-bond donors (Lipinski definition) is 2. The lowest BCUT2D eigenvalue weighted by Crippen LogP contribution is -2.28. The fourth-order valence-electron chi connectivity index (χ4n) is 3.32. The molecule has 3 N–H and O–H groups in total. The molecule has 4 rings (SSSR count). The van der Waals surface area contributed by atoms with Crippen molar-refractivity contribution in [1.82, 2.24) is 0 Å². The summed E-state index contributed by atoms with van der Waals surface area (Å²) in [6, 6.07) is 20.2. The van der Waals surface area contributed by atoms with E-state index in [0.717, 1.165) is 16.9 Å². The average molecular weight is 462 g/mol. The summed E-state index contributed by atoms with van der Waals surface area (Å²) in [5, 5.41) is 10.7. The number of amidine groups is 1. The van der Waals surface area contributed by atoms with Gasteiger partial charge in [0.2, 0.25) is 5.75 Å². The van der Waals surface area contributed by atoms with E-state index in [-0.39, 0.29) is 23.2 Å². The number of benzene rings is 3. The SMILES string of the molecule is COc1cc(/C=C2/SC(=Nc3ccc(CN)cc3)N(c3ccccc3)C2=O)cc(OC)c1O. The van der Waals surface area contributed by atoms with Gasteiger partial charge in [0.15, 0.2) is 16.7 Å². The van der Waals surface area contributed by atoms with Gasteiger partial charge in [0.05, 0.1) is 30.5 Å². The van der Waals surface area contributed by atoms with Crippen LogP contribution in [0.25, 0.3) is 6.08 Å². The van der Waals surface area contributed by atoms with E-state index in [1.165, 1.54) is 26.0 Å². The Morgan fingerprint density at radius 3 is 2.24 bits per heavy atom. The lowest BCUT2D eigenvalue weighted by molar-refractivity contribution is -0.113. The van der Waals surface area contributed by atoms with E-state index in [2.05, 4.69) is 0 Å². The van der Waals surface area contributed by atoms with Crippen molar-refractivity contribution in [1.29, 1.82) is 0 Å². The average Bonchev–Trinajstić information content (AvgIpc) is 3.15. The molecule has 0 atom stereocenters. The third-order valence-electron chi connectivity index (χ3n) is 5.02. The van der Waals surface area contributed by atoms with Gasteiger partial charge in [0.25, 0.3) is 5.91 Å². The highest BCUT2D eigenvalue weighted by atomic mass is 32.2. The normalized spacial score (nSPS) is 16.0. The molecule has 0 spiro atoms. The maximum absolute atomic E-state index is 13.4. The Morgan fingerprint density at radius 1 is 1.03 bits per heavy atom. The van der Waals surface area contributed by atoms with Crippen LogP contribution in [0.15, 0.2) is 76.6 Å². The van der Waals surface area contributed by atoms with Crippen molar-refractivity contribution < 1.29 is 19.4 Å². The largest absolute Gasteiger partial charge is 0.502 e. The molecule has 1 saturated heterocycles. The minimum Gasteiger partial charge on any atom is -0.502 e. The smallest absolute Gasteiger partial charge is 0.271 e. The first-order valence-electron chi connectivity index (χ1n) is 10.2. The van der Waals surface area contributed by atoms with Crippen LogP contribution in [-0.4, -0.2) is 30.4 Å². The second kappa shape index (κ2) is 9.81. The number of carbonyl (C=O) groups is 1. The number of hydrogen-bond acceptors (Lipinski definition) is 7. The van der Waals surface area contributed by atoms with Gasteiger partial charge in [0, 0.05) is 6.54 Å². The van der Waals surface area contributed by atoms with Crippen molar-refractivity contribution in [3.63, 3.8) is 0 Å². The summed E-state index contributed by atoms with van der Waals surface area (Å²) >= 11 is 1.27. The Morgan fingerprint density at radius 2 is 1.67 bits per heavy atom. The van der Waals surface area contributed by atoms with E-state index in [1.54, 1.807) is 23.1 Å². The van der Waals surface area contributed by atoms with Crippen LogP contribution in [0.4, 0.5) is 11.4 Å². The van der Waals surface area contributed by atoms with Crippen LogP contribution in [0.1, 0.15) is 11.1 Å². The molecule has 0 unspecified atom stereocenters. The van der Waals surface area contributed by atoms with Crippen LogP contribution in [-0.2, 0) is 11.3 Å². The summed E-state index contributed by atoms with van der Waals surface area (Å²) < 4.78 is 10.5. The molecular weight excluding hydrogens is 438 g/mol. The molecule has 0 radical (unpaired) electrons. The number of nitrogens with zero attached hydrogens (tertiary/aromatic N) is 2. The number of nitrogens with two attached hydrogens (primary N) is 1. The van der Waals surface area contributed by atoms with Gasteiger partial charge >= 0.3 is 0 Å². The molecular formula is C25H23N3O4S. The van der Waals surface area contributed by atoms with Gasteiger partial charge in [-0.05, 0) is 65.4 Å². The van der Waals surface area contributed by atoms with Gasteiger partial charge in [-0.1, -0.05) is 30.3 Å². The first kappa shape index (κ1) is 22.4. The lowest BCUT2D eigenvalue weighted by atomic mass is 10.1. The number of phenolic OH excluding ortho intramolecular Hbond substituents is 1. The molecule has 0 aliphatic carbocycles. The number of rotatable bonds is 6. The van der Waals surface area contributed by atoms with E-state index in [0.29, 0.717) is 22.2 Å². The van der Waals surface area contributed by atoms with E-state index in [9.17, 15) is 9.90 Å². The van der Waals surface area contributed by atoms with E-state index in [4.69, 9.17) is 20.2 Å². The predicted molar refractivity (Wildman–Crippen MR) is 132 cm³/mol. The van der Waals surface area contributed by atoms with E-state index < -0.39 is 0 Å². The fourth-order valence-corrected chi connectivity index (χ4v) is 4.32. The Hall–Kier alpha value is -3.75. The standard InChI is InChI=1S/C25H23N3O4S/c1-31-20-12-17(13-21(32-2)23(20)29)14-22-24(30)28(19-6-4-3-5-7-19)25(33-22)27-18-10-8-16(15-26)9-11-18/h3-14,29H,15,26H2,1-2H3/b22-14+,27-25?. The number of methoxy groups -OCH3 is 2. The molecule has 7 nitrogen and oxygen atoms in total. The van der Waals surface area contributed by atoms with Crippen LogP contribution in [0, 0.1) is 0 Å². The van der Waals surface area contributed by atoms with Gasteiger partial charge in [0.1, 0.15) is 0 Å². The van der Waals surface area contributed by atoms with Crippen molar-refractivity contribution in [2.45, 2.75) is 6.54 Å². The van der Waals surface area contributed by atoms with Gasteiger partial charge in [-0.3, -0.25) is 9.69 Å². The molecule has 3 aromatic rings. The number of phenols is 1. The van der Waals surface area contributed by atoms with Crippen molar-refractivity contribution in [2.75, 3.05) is 19.1 Å². The molecule has 0 aromatic heterocycles. The number of aliphatic imine (C=N–C) groups is 1. The summed E-state index contributed by atoms with van der Waals surface area (Å²) in [5.74, 6) is 0.215. The molecule has 8 heteroatoms. The molecule has 168 valence electrons. The fraction of sp³-hybridized carbons (Fsp3) is 0.120. The van der Waals surface area contributed by atoms with Crippen molar-refractivity contribution in [3.05, 3.63) is 82.8 Å². The Kier molecular flexibility index (Phi) is 6.67. The number of ether oxygens (including phenoxy) is 2. The Balaban J connectivity index is 1.77. The van der Waals surface area contributed by atoms with Gasteiger partial charge in [-0.15, -0.1) is 0 Å². The zero-order valence-electron chi connectivity index (χ0n) is 18.2. The molecule has 0 saturated carbocycles. The number of amides is 1. The summed E-state index contributed by atoms with van der Waals surface area (Å²) in [6.45, 7) is 0.451. The highest BCUT2D eigenvalue weighted by Crippen LogP contribution is 2.41. The van der Waals surface area contributed by atoms with Crippen molar-refractivity contribution in [3.8, 4) is 17.2 Å². The molecule has 33 heavy (non-hydrogen) atoms. The molecule has 1 heterocycles. The highest BCUT2D eigenvalue weighted by molar-refractivity contribution is 8.19. The van der Waals surface area contributed by atoms with Gasteiger partial charge in [-0.2, -0.15) is 0 Å². The predicted octanol–water partition coefficient (Wildman–Crippen LogP) is 4.68. The van der Waals surface area contributed by atoms with Gasteiger partial charge < -0.3 is 20.3 Å². The molecule has 1 aliphatic heterocycles. The van der Waals surface area contributed by atoms with Crippen LogP contribution in [0.5, 0.6) is 17.2 Å². The third-order valence-corrected chi connectivity index (χ3v) is 5.99. The summed E-state index contributed by atoms with van der Waals surface area (Å²) in [7, 11) is 2.91. The number of para-hydroxylation sites is 1. The van der Waals surface area contributed by atoms with E-state index >= 15 is 0 Å². The maximum atomic E-state index is 13.4. The number of aromatic hydroxyl groups is 1. The quantitative estimate of drug-likeness (QED) is 0.518. The zero-order valence-corrected chi connectivity index (χ0v) is 19.0. The second-order valence-corrected chi connectivity index (χ2v) is 8.13. The third kappa shape index (κ3) is 4.72. The van der Waals surface area contributed by atoms with Crippen LogP contribution in [0.2, 0.25) is 0 Å². The summed E-state index contributed by atoms with van der Waals surface area (Å²) in [6.07, 6.45) is 1.73. The molecule has 1 aliphatic rings. The van der Waals surface area contributed by atoms with Crippen LogP contribution in [0.3, 0.4) is 0 Å². The Bertz CT molecular complexity index is 1200. The summed E-state index contributed by atoms with van der Waals surface area (Å²) in [5.41, 5.74) is 8.78.